The summed E-state index contributed by atoms with van der Waals surface area (Å²) in [7, 11) is 0. The number of guanidine groups is 1. The van der Waals surface area contributed by atoms with E-state index in [1.54, 1.807) is 0 Å². The molecule has 3 rings (SSSR count). The smallest absolute Gasteiger partial charge is 0.326 e. The van der Waals surface area contributed by atoms with Crippen LogP contribution in [-0.4, -0.2) is 22.6 Å². The molecule has 0 saturated carbocycles. The number of amidine groups is 1. The average molecular weight is 376 g/mol. The minimum absolute atomic E-state index is 0.0301. The Labute approximate surface area is 154 Å². The van der Waals surface area contributed by atoms with Crippen LogP contribution in [-0.2, 0) is 6.18 Å². The lowest BCUT2D eigenvalue weighted by Gasteiger charge is -2.31. The molecule has 0 amide bonds. The molecule has 1 aromatic heterocycles. The van der Waals surface area contributed by atoms with E-state index in [0.29, 0.717) is 0 Å². The van der Waals surface area contributed by atoms with Crippen molar-refractivity contribution < 1.29 is 13.2 Å². The molecule has 1 aliphatic rings. The SMILES string of the molecule is CC(C)C1(N)N=C(Nc2ccccc2)NC(c2cc(C(F)(F)F)ccn2)=N1. The topological polar surface area (TPSA) is 87.7 Å². The van der Waals surface area contributed by atoms with Crippen LogP contribution in [0.2, 0.25) is 0 Å². The van der Waals surface area contributed by atoms with Crippen LogP contribution in [0, 0.1) is 5.92 Å². The standard InChI is InChI=1S/C18H19F3N6/c1-11(2)18(22)26-15(14-10-12(8-9-23-14)17(19,20)21)25-16(27-18)24-13-6-4-3-5-7-13/h3-11H,22H2,1-2H3,(H2,24,25,26,27). The van der Waals surface area contributed by atoms with Gasteiger partial charge in [0.2, 0.25) is 11.7 Å². The molecular formula is C18H19F3N6. The maximum Gasteiger partial charge on any atom is 0.416 e. The summed E-state index contributed by atoms with van der Waals surface area (Å²) in [5, 5.41) is 5.95. The Morgan fingerprint density at radius 2 is 1.81 bits per heavy atom. The number of aromatic nitrogens is 1. The molecule has 0 spiro atoms. The van der Waals surface area contributed by atoms with Crippen LogP contribution in [0.3, 0.4) is 0 Å². The second kappa shape index (κ2) is 6.99. The molecule has 0 aliphatic carbocycles. The molecule has 2 aromatic rings. The number of nitrogens with one attached hydrogen (secondary N) is 2. The minimum atomic E-state index is -4.48. The number of benzene rings is 1. The first-order valence-corrected chi connectivity index (χ1v) is 8.29. The molecule has 1 aliphatic heterocycles. The van der Waals surface area contributed by atoms with E-state index < -0.39 is 17.5 Å². The van der Waals surface area contributed by atoms with Crippen molar-refractivity contribution in [3.63, 3.8) is 0 Å². The van der Waals surface area contributed by atoms with Gasteiger partial charge in [-0.15, -0.1) is 0 Å². The van der Waals surface area contributed by atoms with Crippen molar-refractivity contribution >= 4 is 17.5 Å². The van der Waals surface area contributed by atoms with Crippen LogP contribution in [0.15, 0.2) is 58.6 Å². The van der Waals surface area contributed by atoms with Crippen LogP contribution in [0.1, 0.15) is 25.1 Å². The van der Waals surface area contributed by atoms with E-state index in [-0.39, 0.29) is 23.4 Å². The highest BCUT2D eigenvalue weighted by atomic mass is 19.4. The molecule has 1 aromatic carbocycles. The monoisotopic (exact) mass is 376 g/mol. The van der Waals surface area contributed by atoms with Crippen LogP contribution >= 0.6 is 0 Å². The number of para-hydroxylation sites is 1. The van der Waals surface area contributed by atoms with E-state index >= 15 is 0 Å². The third-order valence-corrected chi connectivity index (χ3v) is 4.03. The Morgan fingerprint density at radius 1 is 1.11 bits per heavy atom. The van der Waals surface area contributed by atoms with E-state index in [1.165, 1.54) is 0 Å². The molecule has 142 valence electrons. The number of hydrogen-bond acceptors (Lipinski definition) is 6. The Bertz CT molecular complexity index is 876. The summed E-state index contributed by atoms with van der Waals surface area (Å²) in [5.74, 6) is -1.14. The number of hydrogen-bond donors (Lipinski definition) is 3. The number of nitrogens with zero attached hydrogens (tertiary/aromatic N) is 3. The van der Waals surface area contributed by atoms with E-state index in [1.807, 2.05) is 44.2 Å². The normalized spacial score (nSPS) is 20.0. The number of alkyl halides is 3. The first-order valence-electron chi connectivity index (χ1n) is 8.29. The van der Waals surface area contributed by atoms with Crippen molar-refractivity contribution in [3.05, 3.63) is 59.9 Å². The number of pyridine rings is 1. The Morgan fingerprint density at radius 3 is 2.44 bits per heavy atom. The molecular weight excluding hydrogens is 357 g/mol. The summed E-state index contributed by atoms with van der Waals surface area (Å²) in [4.78, 5) is 12.7. The Kier molecular flexibility index (Phi) is 4.88. The van der Waals surface area contributed by atoms with Gasteiger partial charge in [0, 0.05) is 17.8 Å². The predicted octanol–water partition coefficient (Wildman–Crippen LogP) is 3.19. The first kappa shape index (κ1) is 18.8. The van der Waals surface area contributed by atoms with Gasteiger partial charge in [0.15, 0.2) is 5.84 Å². The first-order chi connectivity index (χ1) is 12.7. The molecule has 0 saturated heterocycles. The van der Waals surface area contributed by atoms with Crippen molar-refractivity contribution in [1.29, 1.82) is 0 Å². The summed E-state index contributed by atoms with van der Waals surface area (Å²) in [6.07, 6.45) is -3.39. The molecule has 4 N–H and O–H groups in total. The molecule has 27 heavy (non-hydrogen) atoms. The zero-order valence-corrected chi connectivity index (χ0v) is 14.7. The van der Waals surface area contributed by atoms with Gasteiger partial charge in [0.25, 0.3) is 0 Å². The average Bonchev–Trinajstić information content (AvgIpc) is 2.61. The van der Waals surface area contributed by atoms with Crippen molar-refractivity contribution in [2.75, 3.05) is 5.32 Å². The quantitative estimate of drug-likeness (QED) is 0.768. The Balaban J connectivity index is 1.97. The van der Waals surface area contributed by atoms with E-state index in [0.717, 1.165) is 24.0 Å². The van der Waals surface area contributed by atoms with Gasteiger partial charge in [-0.05, 0) is 24.3 Å². The van der Waals surface area contributed by atoms with Gasteiger partial charge >= 0.3 is 6.18 Å². The fourth-order valence-corrected chi connectivity index (χ4v) is 2.38. The van der Waals surface area contributed by atoms with E-state index in [2.05, 4.69) is 25.6 Å². The summed E-state index contributed by atoms with van der Waals surface area (Å²) in [5.41, 5.74) is 6.25. The zero-order chi connectivity index (χ0) is 19.7. The third-order valence-electron chi connectivity index (χ3n) is 4.03. The lowest BCUT2D eigenvalue weighted by Crippen LogP contribution is -2.52. The van der Waals surface area contributed by atoms with Gasteiger partial charge in [-0.2, -0.15) is 13.2 Å². The van der Waals surface area contributed by atoms with Gasteiger partial charge < -0.3 is 10.6 Å². The van der Waals surface area contributed by atoms with Gasteiger partial charge in [-0.25, -0.2) is 9.98 Å². The molecule has 0 fully saturated rings. The van der Waals surface area contributed by atoms with Crippen LogP contribution in [0.25, 0.3) is 0 Å². The van der Waals surface area contributed by atoms with Gasteiger partial charge in [0.1, 0.15) is 5.69 Å². The molecule has 2 heterocycles. The fourth-order valence-electron chi connectivity index (χ4n) is 2.38. The number of anilines is 1. The molecule has 0 bridgehead atoms. The predicted molar refractivity (Wildman–Crippen MR) is 98.2 cm³/mol. The lowest BCUT2D eigenvalue weighted by atomic mass is 10.1. The van der Waals surface area contributed by atoms with E-state index in [9.17, 15) is 13.2 Å². The number of nitrogens with two attached hydrogens (primary N) is 1. The van der Waals surface area contributed by atoms with Gasteiger partial charge in [0.05, 0.1) is 5.56 Å². The largest absolute Gasteiger partial charge is 0.416 e. The summed E-state index contributed by atoms with van der Waals surface area (Å²) >= 11 is 0. The highest BCUT2D eigenvalue weighted by Gasteiger charge is 2.35. The van der Waals surface area contributed by atoms with Crippen molar-refractivity contribution in [2.24, 2.45) is 21.6 Å². The van der Waals surface area contributed by atoms with Gasteiger partial charge in [-0.1, -0.05) is 32.0 Å². The van der Waals surface area contributed by atoms with E-state index in [4.69, 9.17) is 5.73 Å². The Hall–Kier alpha value is -2.94. The third kappa shape index (κ3) is 4.25. The highest BCUT2D eigenvalue weighted by Crippen LogP contribution is 2.29. The fraction of sp³-hybridized carbons (Fsp3) is 0.278. The second-order valence-corrected chi connectivity index (χ2v) is 6.40. The maximum absolute atomic E-state index is 13.0. The molecule has 1 atom stereocenters. The zero-order valence-electron chi connectivity index (χ0n) is 14.7. The summed E-state index contributed by atoms with van der Waals surface area (Å²) in [6, 6.07) is 11.0. The number of halogens is 3. The minimum Gasteiger partial charge on any atom is -0.326 e. The van der Waals surface area contributed by atoms with Gasteiger partial charge in [-0.3, -0.25) is 10.7 Å². The van der Waals surface area contributed by atoms with Crippen LogP contribution in [0.5, 0.6) is 0 Å². The molecule has 9 heteroatoms. The highest BCUT2D eigenvalue weighted by molar-refractivity contribution is 6.13. The lowest BCUT2D eigenvalue weighted by molar-refractivity contribution is -0.137. The summed E-state index contributed by atoms with van der Waals surface area (Å²) < 4.78 is 39.1. The van der Waals surface area contributed by atoms with Crippen molar-refractivity contribution in [3.8, 4) is 0 Å². The molecule has 1 unspecified atom stereocenters. The van der Waals surface area contributed by atoms with Crippen molar-refractivity contribution in [1.82, 2.24) is 10.3 Å². The number of rotatable bonds is 3. The van der Waals surface area contributed by atoms with Crippen LogP contribution < -0.4 is 16.4 Å². The summed E-state index contributed by atoms with van der Waals surface area (Å²) in [6.45, 7) is 3.66. The number of aliphatic imine (C=N–C) groups is 2. The maximum atomic E-state index is 13.0. The van der Waals surface area contributed by atoms with Crippen molar-refractivity contribution in [2.45, 2.75) is 25.8 Å². The second-order valence-electron chi connectivity index (χ2n) is 6.40. The van der Waals surface area contributed by atoms with Crippen LogP contribution in [0.4, 0.5) is 18.9 Å². The molecule has 6 nitrogen and oxygen atoms in total. The molecule has 0 radical (unpaired) electrons.